The number of fused-ring (bicyclic) bond motifs is 1. The summed E-state index contributed by atoms with van der Waals surface area (Å²) in [7, 11) is 4.15. The zero-order valence-electron chi connectivity index (χ0n) is 7.67. The maximum Gasteiger partial charge on any atom is 0.296 e. The van der Waals surface area contributed by atoms with Crippen LogP contribution in [0, 0.1) is 0 Å². The largest absolute Gasteiger partial charge is 0.396 e. The van der Waals surface area contributed by atoms with Crippen LogP contribution in [0.3, 0.4) is 0 Å². The van der Waals surface area contributed by atoms with Crippen LogP contribution in [0.4, 0.5) is 0 Å². The summed E-state index contributed by atoms with van der Waals surface area (Å²) in [6.07, 6.45) is 4.41. The first-order chi connectivity index (χ1) is 5.70. The van der Waals surface area contributed by atoms with Gasteiger partial charge in [0, 0.05) is 4.70 Å². The number of azo groups is 4. The molecule has 0 aromatic carbocycles. The lowest BCUT2D eigenvalue weighted by molar-refractivity contribution is -0.965. The van der Waals surface area contributed by atoms with Crippen molar-refractivity contribution < 1.29 is 9.39 Å². The van der Waals surface area contributed by atoms with Crippen LogP contribution in [0.1, 0.15) is 12.8 Å². The van der Waals surface area contributed by atoms with E-state index in [1.807, 2.05) is 0 Å². The molecular weight excluding hydrogens is 150 g/mol. The van der Waals surface area contributed by atoms with Crippen LogP contribution >= 0.6 is 0 Å². The van der Waals surface area contributed by atoms with Gasteiger partial charge in [0.25, 0.3) is 5.70 Å². The molecular formula is C9H15N3+2. The fourth-order valence-corrected chi connectivity index (χ4v) is 1.90. The van der Waals surface area contributed by atoms with Crippen molar-refractivity contribution in [3.05, 3.63) is 23.0 Å². The number of rotatable bonds is 0. The number of hydrogen-bond donors (Lipinski definition) is 1. The third-order valence-electron chi connectivity index (χ3n) is 2.65. The molecule has 0 fully saturated rings. The average Bonchev–Trinajstić information content (AvgIpc) is 2.29. The normalized spacial score (nSPS) is 23.0. The molecule has 0 aromatic rings. The highest BCUT2D eigenvalue weighted by molar-refractivity contribution is 5.32. The number of likely N-dealkylation sites (N-methyl/N-ethyl adjacent to an activating group) is 2. The molecule has 0 spiro atoms. The van der Waals surface area contributed by atoms with Crippen molar-refractivity contribution in [2.45, 2.75) is 12.8 Å². The minimum atomic E-state index is 1.01. The van der Waals surface area contributed by atoms with Crippen LogP contribution in [-0.2, 0) is 0 Å². The van der Waals surface area contributed by atoms with E-state index in [0.717, 1.165) is 25.1 Å². The molecule has 1 heterocycles. The number of nitrogens with two attached hydrogens (primary N) is 1. The molecule has 3 nitrogen and oxygen atoms in total. The zero-order chi connectivity index (χ0) is 8.72. The molecule has 2 aliphatic rings. The van der Waals surface area contributed by atoms with Gasteiger partial charge in [-0.15, -0.1) is 0 Å². The molecule has 1 aliphatic heterocycles. The smallest absolute Gasteiger partial charge is 0.296 e. The van der Waals surface area contributed by atoms with E-state index in [2.05, 4.69) is 29.6 Å². The highest BCUT2D eigenvalue weighted by Gasteiger charge is 2.37. The molecule has 0 atom stereocenters. The van der Waals surface area contributed by atoms with Crippen LogP contribution in [-0.4, -0.2) is 30.0 Å². The summed E-state index contributed by atoms with van der Waals surface area (Å²) in [5.41, 5.74) is 9.62. The molecule has 2 rings (SSSR count). The zero-order valence-corrected chi connectivity index (χ0v) is 7.67. The molecule has 0 radical (unpaired) electrons. The first kappa shape index (κ1) is 7.53. The highest BCUT2D eigenvalue weighted by Crippen LogP contribution is 2.26. The van der Waals surface area contributed by atoms with Gasteiger partial charge in [0.05, 0.1) is 11.3 Å². The van der Waals surface area contributed by atoms with E-state index in [0.29, 0.717) is 0 Å². The van der Waals surface area contributed by atoms with Gasteiger partial charge in [0.15, 0.2) is 7.05 Å². The van der Waals surface area contributed by atoms with Gasteiger partial charge in [-0.3, -0.25) is 0 Å². The Kier molecular flexibility index (Phi) is 1.53. The van der Waals surface area contributed by atoms with Crippen LogP contribution in [0.5, 0.6) is 0 Å². The lowest BCUT2D eigenvalue weighted by Gasteiger charge is -2.03. The highest BCUT2D eigenvalue weighted by atomic mass is 15.4. The predicted molar refractivity (Wildman–Crippen MR) is 45.8 cm³/mol. The molecule has 0 unspecified atom stereocenters. The Bertz CT molecular complexity index is 321. The summed E-state index contributed by atoms with van der Waals surface area (Å²) in [6, 6.07) is 0. The second-order valence-corrected chi connectivity index (χ2v) is 3.48. The third kappa shape index (κ3) is 0.891. The molecule has 0 saturated heterocycles. The molecule has 0 amide bonds. The van der Waals surface area contributed by atoms with Crippen molar-refractivity contribution >= 4 is 0 Å². The van der Waals surface area contributed by atoms with Gasteiger partial charge >= 0.3 is 0 Å². The van der Waals surface area contributed by atoms with E-state index >= 15 is 0 Å². The second-order valence-electron chi connectivity index (χ2n) is 3.48. The van der Waals surface area contributed by atoms with Crippen LogP contribution in [0.2, 0.25) is 0 Å². The average molecular weight is 165 g/mol. The standard InChI is InChI=1S/C9H15N3/c1-11-6-7-4-3-5-8(10)9(7)12(11)2/h4H,3,5-6,10H2,1-2H3/q+2. The van der Waals surface area contributed by atoms with E-state index in [-0.39, 0.29) is 0 Å². The van der Waals surface area contributed by atoms with Crippen LogP contribution in [0.15, 0.2) is 23.0 Å². The number of hydrogen-bond acceptors (Lipinski definition) is 1. The molecule has 3 heteroatoms. The van der Waals surface area contributed by atoms with Gasteiger partial charge < -0.3 is 5.73 Å². The molecule has 1 aliphatic carbocycles. The minimum absolute atomic E-state index is 1.01. The van der Waals surface area contributed by atoms with Crippen molar-refractivity contribution in [2.75, 3.05) is 20.6 Å². The maximum absolute atomic E-state index is 5.94. The van der Waals surface area contributed by atoms with Crippen LogP contribution < -0.4 is 5.73 Å². The first-order valence-electron chi connectivity index (χ1n) is 4.33. The summed E-state index contributed by atoms with van der Waals surface area (Å²) in [5, 5.41) is 0. The molecule has 0 bridgehead atoms. The monoisotopic (exact) mass is 165 g/mol. The summed E-state index contributed by atoms with van der Waals surface area (Å²) < 4.78 is 4.32. The van der Waals surface area contributed by atoms with Crippen molar-refractivity contribution in [3.8, 4) is 0 Å². The SMILES string of the molecule is C[N+]1=[N+](C)C2=C(N)CCC=C2C1. The quantitative estimate of drug-likeness (QED) is 0.524. The molecule has 12 heavy (non-hydrogen) atoms. The van der Waals surface area contributed by atoms with E-state index in [1.54, 1.807) is 0 Å². The van der Waals surface area contributed by atoms with Crippen molar-refractivity contribution in [2.24, 2.45) is 5.73 Å². The first-order valence-corrected chi connectivity index (χ1v) is 4.33. The van der Waals surface area contributed by atoms with E-state index in [9.17, 15) is 0 Å². The lowest BCUT2D eigenvalue weighted by Crippen LogP contribution is -2.14. The fourth-order valence-electron chi connectivity index (χ4n) is 1.90. The summed E-state index contributed by atoms with van der Waals surface area (Å²) in [4.78, 5) is 0. The van der Waals surface area contributed by atoms with E-state index in [4.69, 9.17) is 5.73 Å². The number of nitrogens with zero attached hydrogens (tertiary/aromatic N) is 2. The van der Waals surface area contributed by atoms with Crippen molar-refractivity contribution in [3.63, 3.8) is 0 Å². The lowest BCUT2D eigenvalue weighted by atomic mass is 10.0. The molecule has 0 saturated carbocycles. The Morgan fingerprint density at radius 3 is 2.83 bits per heavy atom. The number of allylic oxidation sites excluding steroid dienone is 2. The maximum atomic E-state index is 5.94. The minimum Gasteiger partial charge on any atom is -0.396 e. The van der Waals surface area contributed by atoms with Gasteiger partial charge in [0.2, 0.25) is 13.6 Å². The van der Waals surface area contributed by atoms with Gasteiger partial charge in [-0.1, -0.05) is 6.08 Å². The van der Waals surface area contributed by atoms with E-state index in [1.165, 1.54) is 11.3 Å². The summed E-state index contributed by atoms with van der Waals surface area (Å²) in [6.45, 7) is 1.01. The van der Waals surface area contributed by atoms with Crippen LogP contribution in [0.25, 0.3) is 0 Å². The fraction of sp³-hybridized carbons (Fsp3) is 0.556. The predicted octanol–water partition coefficient (Wildman–Crippen LogP) is 0.627. The van der Waals surface area contributed by atoms with Crippen molar-refractivity contribution in [1.29, 1.82) is 0 Å². The van der Waals surface area contributed by atoms with Crippen molar-refractivity contribution in [1.82, 2.24) is 0 Å². The van der Waals surface area contributed by atoms with Gasteiger partial charge in [0.1, 0.15) is 0 Å². The Morgan fingerprint density at radius 2 is 2.17 bits per heavy atom. The van der Waals surface area contributed by atoms with Gasteiger partial charge in [-0.2, -0.15) is 0 Å². The Hall–Kier alpha value is -1.12. The third-order valence-corrected chi connectivity index (χ3v) is 2.65. The second kappa shape index (κ2) is 2.44. The van der Waals surface area contributed by atoms with E-state index < -0.39 is 0 Å². The topological polar surface area (TPSA) is 32.0 Å². The Balaban J connectivity index is 2.53. The van der Waals surface area contributed by atoms with Gasteiger partial charge in [-0.05, 0) is 17.5 Å². The molecule has 2 N–H and O–H groups in total. The molecule has 64 valence electrons. The Morgan fingerprint density at radius 1 is 1.42 bits per heavy atom. The summed E-state index contributed by atoms with van der Waals surface area (Å²) >= 11 is 0. The Labute approximate surface area is 72.5 Å². The molecule has 0 aromatic heterocycles. The summed E-state index contributed by atoms with van der Waals surface area (Å²) in [5.74, 6) is 0. The van der Waals surface area contributed by atoms with Gasteiger partial charge in [-0.25, -0.2) is 0 Å².